The highest BCUT2D eigenvalue weighted by molar-refractivity contribution is 7.09. The number of benzene rings is 3. The number of hydrogen-bond donors (Lipinski definition) is 0. The maximum Gasteiger partial charge on any atom is 0.254 e. The number of carbonyl (C=O) groups is 1. The van der Waals surface area contributed by atoms with E-state index in [9.17, 15) is 9.18 Å². The second-order valence-corrected chi connectivity index (χ2v) is 8.67. The number of aromatic nitrogens is 1. The fourth-order valence-corrected chi connectivity index (χ4v) is 4.86. The van der Waals surface area contributed by atoms with Gasteiger partial charge in [-0.1, -0.05) is 36.4 Å². The predicted molar refractivity (Wildman–Crippen MR) is 123 cm³/mol. The molecule has 0 spiro atoms. The number of halogens is 1. The Hall–Kier alpha value is -3.09. The normalized spacial score (nSPS) is 14.8. The Morgan fingerprint density at radius 2 is 1.68 bits per heavy atom. The number of rotatable bonds is 4. The van der Waals surface area contributed by atoms with E-state index in [1.165, 1.54) is 12.1 Å². The Kier molecular flexibility index (Phi) is 5.49. The lowest BCUT2D eigenvalue weighted by molar-refractivity contribution is 0.0630. The van der Waals surface area contributed by atoms with Gasteiger partial charge in [0.15, 0.2) is 0 Å². The monoisotopic (exact) mass is 431 g/mol. The molecule has 0 radical (unpaired) electrons. The summed E-state index contributed by atoms with van der Waals surface area (Å²) in [6, 6.07) is 20.4. The van der Waals surface area contributed by atoms with Crippen LogP contribution in [0.5, 0.6) is 0 Å². The highest BCUT2D eigenvalue weighted by Crippen LogP contribution is 2.24. The van der Waals surface area contributed by atoms with E-state index in [2.05, 4.69) is 4.90 Å². The summed E-state index contributed by atoms with van der Waals surface area (Å²) in [6.45, 7) is 3.82. The van der Waals surface area contributed by atoms with Gasteiger partial charge in [0, 0.05) is 42.7 Å². The van der Waals surface area contributed by atoms with E-state index in [1.54, 1.807) is 23.5 Å². The first kappa shape index (κ1) is 19.8. The first-order valence-electron chi connectivity index (χ1n) is 10.4. The molecule has 4 aromatic rings. The second kappa shape index (κ2) is 8.57. The van der Waals surface area contributed by atoms with Crippen LogP contribution in [0.15, 0.2) is 72.1 Å². The Morgan fingerprint density at radius 1 is 0.935 bits per heavy atom. The zero-order chi connectivity index (χ0) is 21.2. The molecule has 5 rings (SSSR count). The molecule has 0 bridgehead atoms. The van der Waals surface area contributed by atoms with Gasteiger partial charge < -0.3 is 4.90 Å². The molecule has 1 aliphatic rings. The van der Waals surface area contributed by atoms with Gasteiger partial charge in [-0.05, 0) is 41.1 Å². The molecule has 1 aliphatic heterocycles. The molecular weight excluding hydrogens is 409 g/mol. The van der Waals surface area contributed by atoms with E-state index < -0.39 is 0 Å². The van der Waals surface area contributed by atoms with E-state index in [-0.39, 0.29) is 11.7 Å². The maximum absolute atomic E-state index is 13.1. The van der Waals surface area contributed by atoms with Gasteiger partial charge >= 0.3 is 0 Å². The minimum Gasteiger partial charge on any atom is -0.336 e. The van der Waals surface area contributed by atoms with Gasteiger partial charge in [-0.3, -0.25) is 9.69 Å². The zero-order valence-corrected chi connectivity index (χ0v) is 17.8. The van der Waals surface area contributed by atoms with Crippen molar-refractivity contribution in [1.29, 1.82) is 0 Å². The quantitative estimate of drug-likeness (QED) is 0.453. The van der Waals surface area contributed by atoms with Crippen LogP contribution in [0, 0.1) is 5.82 Å². The summed E-state index contributed by atoms with van der Waals surface area (Å²) in [7, 11) is 0. The molecular formula is C25H22FN3OS. The van der Waals surface area contributed by atoms with Gasteiger partial charge in [-0.15, -0.1) is 11.3 Å². The average molecular weight is 432 g/mol. The van der Waals surface area contributed by atoms with Crippen LogP contribution in [-0.4, -0.2) is 46.9 Å². The predicted octanol–water partition coefficient (Wildman–Crippen LogP) is 5.06. The summed E-state index contributed by atoms with van der Waals surface area (Å²) in [6.07, 6.45) is 0. The molecule has 0 N–H and O–H groups in total. The summed E-state index contributed by atoms with van der Waals surface area (Å²) >= 11 is 1.62. The molecule has 3 aromatic carbocycles. The van der Waals surface area contributed by atoms with Crippen molar-refractivity contribution in [3.05, 3.63) is 88.5 Å². The van der Waals surface area contributed by atoms with Crippen molar-refractivity contribution in [2.75, 3.05) is 26.2 Å². The summed E-state index contributed by atoms with van der Waals surface area (Å²) in [5.74, 6) is -0.139. The van der Waals surface area contributed by atoms with E-state index in [1.807, 2.05) is 52.7 Å². The van der Waals surface area contributed by atoms with Gasteiger partial charge in [0.1, 0.15) is 10.8 Å². The molecule has 1 saturated heterocycles. The van der Waals surface area contributed by atoms with Gasteiger partial charge in [-0.25, -0.2) is 9.37 Å². The molecule has 1 aromatic heterocycles. The van der Waals surface area contributed by atoms with Crippen LogP contribution in [0.25, 0.3) is 22.0 Å². The topological polar surface area (TPSA) is 36.4 Å². The minimum atomic E-state index is -0.241. The molecule has 4 nitrogen and oxygen atoms in total. The van der Waals surface area contributed by atoms with E-state index >= 15 is 0 Å². The first-order chi connectivity index (χ1) is 15.2. The second-order valence-electron chi connectivity index (χ2n) is 7.73. The van der Waals surface area contributed by atoms with E-state index in [0.717, 1.165) is 52.2 Å². The molecule has 0 atom stereocenters. The number of amides is 1. The van der Waals surface area contributed by atoms with Crippen LogP contribution in [0.4, 0.5) is 4.39 Å². The first-order valence-corrected chi connectivity index (χ1v) is 11.2. The molecule has 6 heteroatoms. The summed E-state index contributed by atoms with van der Waals surface area (Å²) in [5.41, 5.74) is 2.58. The Bertz CT molecular complexity index is 1210. The van der Waals surface area contributed by atoms with Crippen molar-refractivity contribution < 1.29 is 9.18 Å². The largest absolute Gasteiger partial charge is 0.336 e. The summed E-state index contributed by atoms with van der Waals surface area (Å²) in [5, 5.41) is 5.15. The fraction of sp³-hybridized carbons (Fsp3) is 0.200. The lowest BCUT2D eigenvalue weighted by Crippen LogP contribution is -2.48. The van der Waals surface area contributed by atoms with Gasteiger partial charge in [0.25, 0.3) is 5.91 Å². The molecule has 0 saturated carbocycles. The zero-order valence-electron chi connectivity index (χ0n) is 17.0. The number of fused-ring (bicyclic) bond motifs is 1. The Morgan fingerprint density at radius 3 is 2.48 bits per heavy atom. The number of piperazine rings is 1. The molecule has 31 heavy (non-hydrogen) atoms. The van der Waals surface area contributed by atoms with Crippen LogP contribution in [0.2, 0.25) is 0 Å². The summed E-state index contributed by atoms with van der Waals surface area (Å²) in [4.78, 5) is 22.1. The molecule has 0 aliphatic carbocycles. The van der Waals surface area contributed by atoms with Crippen LogP contribution < -0.4 is 0 Å². The van der Waals surface area contributed by atoms with Crippen molar-refractivity contribution in [1.82, 2.24) is 14.8 Å². The van der Waals surface area contributed by atoms with Crippen molar-refractivity contribution in [3.8, 4) is 11.3 Å². The number of hydrogen-bond acceptors (Lipinski definition) is 4. The molecule has 156 valence electrons. The standard InChI is InChI=1S/C25H22FN3OS/c26-20-10-8-19(9-11-20)23-17-31-24(27-23)16-28-12-14-29(15-13-28)25(30)22-7-3-5-18-4-1-2-6-21(18)22/h1-11,17H,12-16H2. The van der Waals surface area contributed by atoms with Crippen LogP contribution >= 0.6 is 11.3 Å². The molecule has 2 heterocycles. The minimum absolute atomic E-state index is 0.101. The Balaban J connectivity index is 1.22. The van der Waals surface area contributed by atoms with E-state index in [4.69, 9.17) is 4.98 Å². The van der Waals surface area contributed by atoms with Gasteiger partial charge in [0.05, 0.1) is 12.2 Å². The highest BCUT2D eigenvalue weighted by Gasteiger charge is 2.23. The average Bonchev–Trinajstić information content (AvgIpc) is 3.27. The summed E-state index contributed by atoms with van der Waals surface area (Å²) < 4.78 is 13.1. The van der Waals surface area contributed by atoms with Crippen molar-refractivity contribution in [2.24, 2.45) is 0 Å². The number of carbonyl (C=O) groups excluding carboxylic acids is 1. The fourth-order valence-electron chi connectivity index (χ4n) is 4.02. The van der Waals surface area contributed by atoms with Crippen LogP contribution in [-0.2, 0) is 6.54 Å². The lowest BCUT2D eigenvalue weighted by atomic mass is 10.0. The van der Waals surface area contributed by atoms with Crippen molar-refractivity contribution in [3.63, 3.8) is 0 Å². The van der Waals surface area contributed by atoms with Crippen LogP contribution in [0.1, 0.15) is 15.4 Å². The number of nitrogens with zero attached hydrogens (tertiary/aromatic N) is 3. The van der Waals surface area contributed by atoms with Gasteiger partial charge in [0.2, 0.25) is 0 Å². The third kappa shape index (κ3) is 4.22. The van der Waals surface area contributed by atoms with Crippen LogP contribution in [0.3, 0.4) is 0 Å². The van der Waals surface area contributed by atoms with E-state index in [0.29, 0.717) is 13.1 Å². The Labute approximate surface area is 184 Å². The van der Waals surface area contributed by atoms with Crippen molar-refractivity contribution in [2.45, 2.75) is 6.54 Å². The van der Waals surface area contributed by atoms with Gasteiger partial charge in [-0.2, -0.15) is 0 Å². The molecule has 1 fully saturated rings. The lowest BCUT2D eigenvalue weighted by Gasteiger charge is -2.34. The maximum atomic E-state index is 13.1. The smallest absolute Gasteiger partial charge is 0.254 e. The number of thiazole rings is 1. The molecule has 1 amide bonds. The third-order valence-corrected chi connectivity index (χ3v) is 6.56. The van der Waals surface area contributed by atoms with Crippen molar-refractivity contribution >= 4 is 28.0 Å². The molecule has 0 unspecified atom stereocenters. The highest BCUT2D eigenvalue weighted by atomic mass is 32.1. The third-order valence-electron chi connectivity index (χ3n) is 5.73. The SMILES string of the molecule is O=C(c1cccc2ccccc12)N1CCN(Cc2nc(-c3ccc(F)cc3)cs2)CC1.